The fraction of sp³-hybridized carbons (Fsp3) is 0.312. The Morgan fingerprint density at radius 2 is 1.40 bits per heavy atom. The van der Waals surface area contributed by atoms with E-state index in [2.05, 4.69) is 0 Å². The van der Waals surface area contributed by atoms with Crippen LogP contribution in [0.25, 0.3) is 0 Å². The van der Waals surface area contributed by atoms with Crippen LogP contribution in [0, 0.1) is 0 Å². The molecule has 0 unspecified atom stereocenters. The second kappa shape index (κ2) is 16.4. The van der Waals surface area contributed by atoms with Gasteiger partial charge in [0.1, 0.15) is 20.2 Å². The first-order valence-corrected chi connectivity index (χ1v) is 19.1. The van der Waals surface area contributed by atoms with E-state index in [0.717, 1.165) is 6.07 Å². The number of hydrogen-bond acceptors (Lipinski definition) is 11. The van der Waals surface area contributed by atoms with Crippen molar-refractivity contribution < 1.29 is 113 Å². The summed E-state index contributed by atoms with van der Waals surface area (Å²) in [5.74, 6) is -2.47. The Hall–Kier alpha value is -1.93. The molecule has 2 aromatic rings. The van der Waals surface area contributed by atoms with E-state index in [1.54, 1.807) is 71.9 Å². The van der Waals surface area contributed by atoms with Crippen LogP contribution in [0.5, 0.6) is 0 Å². The smallest absolute Gasteiger partial charge is 0.748 e. The van der Waals surface area contributed by atoms with Gasteiger partial charge in [0.15, 0.2) is 12.3 Å². The molecule has 0 saturated heterocycles. The fourth-order valence-corrected chi connectivity index (χ4v) is 7.30. The van der Waals surface area contributed by atoms with E-state index in [1.165, 1.54) is 24.3 Å². The second-order valence-electron chi connectivity index (χ2n) is 12.3. The van der Waals surface area contributed by atoms with Crippen molar-refractivity contribution in [3.8, 4) is 0 Å². The van der Waals surface area contributed by atoms with E-state index in [1.807, 2.05) is 13.8 Å². The molecule has 0 saturated carbocycles. The van der Waals surface area contributed by atoms with Gasteiger partial charge in [0, 0.05) is 41.1 Å². The maximum Gasteiger partial charge on any atom is 1.00 e. The second-order valence-corrected chi connectivity index (χ2v) is 16.7. The van der Waals surface area contributed by atoms with Gasteiger partial charge >= 0.3 is 65.1 Å². The summed E-state index contributed by atoms with van der Waals surface area (Å²) in [6, 6.07) is 8.33. The number of benzene rings is 2. The zero-order valence-corrected chi connectivity index (χ0v) is 34.9. The summed E-state index contributed by atoms with van der Waals surface area (Å²) < 4.78 is 105. The van der Waals surface area contributed by atoms with E-state index >= 15 is 0 Å². The number of anilines is 1. The zero-order valence-electron chi connectivity index (χ0n) is 28.5. The Balaban J connectivity index is 0.00000433. The minimum atomic E-state index is -4.76. The van der Waals surface area contributed by atoms with Crippen LogP contribution in [0.3, 0.4) is 0 Å². The molecular weight excluding hydrogens is 731 g/mol. The van der Waals surface area contributed by atoms with Gasteiger partial charge in [-0.3, -0.25) is 0 Å². The van der Waals surface area contributed by atoms with Crippen LogP contribution in [0.15, 0.2) is 89.5 Å². The van der Waals surface area contributed by atoms with E-state index < -0.39 is 63.6 Å². The summed E-state index contributed by atoms with van der Waals surface area (Å²) in [7, 11) is -13.9. The molecule has 2 aliphatic heterocycles. The molecule has 258 valence electrons. The van der Waals surface area contributed by atoms with Crippen molar-refractivity contribution in [1.29, 1.82) is 0 Å². The van der Waals surface area contributed by atoms with Gasteiger partial charge in [-0.15, -0.1) is 0 Å². The zero-order chi connectivity index (χ0) is 35.9. The number of carbonyl (C=O) groups is 1. The molecular formula is C32H34N2Na2O11S3. The number of rotatable bonds is 12. The summed E-state index contributed by atoms with van der Waals surface area (Å²) in [6.07, 6.45) is 11.8. The Morgan fingerprint density at radius 1 is 0.800 bits per heavy atom. The number of fused-ring (bicyclic) bond motifs is 2. The van der Waals surface area contributed by atoms with Crippen LogP contribution < -0.4 is 64.0 Å². The molecule has 0 aromatic heterocycles. The Bertz CT molecular complexity index is 2150. The van der Waals surface area contributed by atoms with Gasteiger partial charge in [0.05, 0.1) is 37.5 Å². The minimum absolute atomic E-state index is 0. The molecule has 2 heterocycles. The van der Waals surface area contributed by atoms with Crippen molar-refractivity contribution in [2.24, 2.45) is 0 Å². The number of hydrogen-bond donors (Lipinski definition) is 1. The number of nitrogens with zero attached hydrogens (tertiary/aromatic N) is 2. The number of allylic oxidation sites excluding steroid dienone is 8. The Morgan fingerprint density at radius 3 is 1.98 bits per heavy atom. The van der Waals surface area contributed by atoms with Gasteiger partial charge in [-0.2, -0.15) is 4.58 Å². The quantitative estimate of drug-likeness (QED) is 0.0999. The SMILES string of the molecule is CC1(C)C(/C=C/C=C/C=C/C=C2/N(CCS(=O)(=O)[O-])c3ccc(S(=O)(=O)[O-])cc3C2(C)C)=[N+](CCS(=O)(=O)[O-])c2ccc(C(=O)O)cc21.[Na+].[Na+]. The van der Waals surface area contributed by atoms with Crippen LogP contribution in [0.1, 0.15) is 49.2 Å². The van der Waals surface area contributed by atoms with Gasteiger partial charge in [-0.1, -0.05) is 44.2 Å². The Kier molecular flexibility index (Phi) is 14.5. The van der Waals surface area contributed by atoms with Crippen molar-refractivity contribution in [2.45, 2.75) is 43.4 Å². The van der Waals surface area contributed by atoms with Gasteiger partial charge in [-0.25, -0.2) is 30.0 Å². The van der Waals surface area contributed by atoms with Gasteiger partial charge < -0.3 is 23.7 Å². The summed E-state index contributed by atoms with van der Waals surface area (Å²) in [5.41, 5.74) is 1.89. The average Bonchev–Trinajstić information content (AvgIpc) is 3.30. The molecule has 0 radical (unpaired) electrons. The maximum atomic E-state index is 11.7. The standard InChI is InChI=1S/C32H36N2O11S3.2Na/c1-31(2)24-20-22(30(35)36)12-14-26(24)33(16-18-46(37,38)39)28(31)10-8-6-5-7-9-11-29-32(3,4)25-21-23(48(43,44)45)13-15-27(25)34(29)17-19-47(40,41)42;;/h5-15,20-21H,16-19H2,1-4H3,(H3-,35,36,37,38,39,40,41,42,43,44,45);;/q;2*+1/p-2. The van der Waals surface area contributed by atoms with Crippen LogP contribution in [-0.2, 0) is 41.2 Å². The van der Waals surface area contributed by atoms with E-state index in [4.69, 9.17) is 0 Å². The molecule has 0 fully saturated rings. The molecule has 0 amide bonds. The third-order valence-corrected chi connectivity index (χ3v) is 10.6. The number of aromatic carboxylic acids is 1. The van der Waals surface area contributed by atoms with E-state index in [0.29, 0.717) is 33.9 Å². The molecule has 0 bridgehead atoms. The molecule has 2 aliphatic rings. The van der Waals surface area contributed by atoms with E-state index in [9.17, 15) is 48.8 Å². The van der Waals surface area contributed by atoms with Crippen LogP contribution in [-0.4, -0.2) is 84.9 Å². The molecule has 1 N–H and O–H groups in total. The fourth-order valence-electron chi connectivity index (χ4n) is 5.99. The third kappa shape index (κ3) is 10.1. The molecule has 50 heavy (non-hydrogen) atoms. The van der Waals surface area contributed by atoms with Crippen LogP contribution in [0.2, 0.25) is 0 Å². The summed E-state index contributed by atoms with van der Waals surface area (Å²) in [5, 5.41) is 9.48. The normalized spacial score (nSPS) is 17.7. The first kappa shape index (κ1) is 44.2. The van der Waals surface area contributed by atoms with Crippen LogP contribution in [0.4, 0.5) is 11.4 Å². The van der Waals surface area contributed by atoms with Crippen molar-refractivity contribution in [1.82, 2.24) is 0 Å². The predicted molar refractivity (Wildman–Crippen MR) is 176 cm³/mol. The molecule has 13 nitrogen and oxygen atoms in total. The summed E-state index contributed by atoms with van der Waals surface area (Å²) >= 11 is 0. The van der Waals surface area contributed by atoms with Crippen molar-refractivity contribution in [3.05, 3.63) is 101 Å². The molecule has 2 aromatic carbocycles. The summed E-state index contributed by atoms with van der Waals surface area (Å²) in [4.78, 5) is 12.8. The largest absolute Gasteiger partial charge is 1.00 e. The average molecular weight is 765 g/mol. The number of carboxylic acid groups (broad SMARTS) is 1. The molecule has 0 atom stereocenters. The van der Waals surface area contributed by atoms with Gasteiger partial charge in [0.2, 0.25) is 5.69 Å². The van der Waals surface area contributed by atoms with Gasteiger partial charge in [0.25, 0.3) is 0 Å². The molecule has 0 spiro atoms. The van der Waals surface area contributed by atoms with Crippen molar-refractivity contribution in [3.63, 3.8) is 0 Å². The molecule has 18 heteroatoms. The predicted octanol–water partition coefficient (Wildman–Crippen LogP) is -2.89. The minimum Gasteiger partial charge on any atom is -0.748 e. The first-order chi connectivity index (χ1) is 22.0. The molecule has 0 aliphatic carbocycles. The third-order valence-electron chi connectivity index (χ3n) is 8.37. The summed E-state index contributed by atoms with van der Waals surface area (Å²) in [6.45, 7) is 6.95. The molecule has 4 rings (SSSR count). The topological polar surface area (TPSA) is 215 Å². The first-order valence-electron chi connectivity index (χ1n) is 14.5. The number of carboxylic acids is 1. The monoisotopic (exact) mass is 764 g/mol. The van der Waals surface area contributed by atoms with Gasteiger partial charge in [-0.05, 0) is 55.8 Å². The Labute approximate surface area is 337 Å². The van der Waals surface area contributed by atoms with Crippen molar-refractivity contribution in [2.75, 3.05) is 29.5 Å². The van der Waals surface area contributed by atoms with Crippen molar-refractivity contribution >= 4 is 53.4 Å². The van der Waals surface area contributed by atoms with E-state index in [-0.39, 0.29) is 77.8 Å². The van der Waals surface area contributed by atoms with Crippen LogP contribution >= 0.6 is 0 Å². The maximum absolute atomic E-state index is 11.7.